The molecule has 1 aliphatic heterocycles. The maximum Gasteiger partial charge on any atom is 0.256 e. The number of hydrogen-bond acceptors (Lipinski definition) is 4. The zero-order valence-corrected chi connectivity index (χ0v) is 12.3. The molecule has 2 aromatic rings. The zero-order valence-electron chi connectivity index (χ0n) is 12.3. The number of hydrogen-bond donors (Lipinski definition) is 1. The van der Waals surface area contributed by atoms with Crippen LogP contribution in [0, 0.1) is 6.92 Å². The van der Waals surface area contributed by atoms with E-state index >= 15 is 0 Å². The maximum absolute atomic E-state index is 12.9. The van der Waals surface area contributed by atoms with Gasteiger partial charge in [0.25, 0.3) is 5.91 Å². The van der Waals surface area contributed by atoms with Gasteiger partial charge in [-0.15, -0.1) is 0 Å². The molecule has 1 fully saturated rings. The molecular formula is C15H19N5O. The van der Waals surface area contributed by atoms with Gasteiger partial charge in [-0.3, -0.25) is 9.78 Å². The molecule has 0 aliphatic carbocycles. The van der Waals surface area contributed by atoms with Crippen LogP contribution in [0.5, 0.6) is 0 Å². The van der Waals surface area contributed by atoms with Gasteiger partial charge in [-0.25, -0.2) is 4.98 Å². The first kappa shape index (κ1) is 13.8. The van der Waals surface area contributed by atoms with Crippen molar-refractivity contribution in [2.24, 2.45) is 7.05 Å². The summed E-state index contributed by atoms with van der Waals surface area (Å²) in [6.45, 7) is 4.12. The minimum atomic E-state index is -0.0501. The van der Waals surface area contributed by atoms with Crippen LogP contribution in [-0.4, -0.2) is 45.0 Å². The molecule has 0 radical (unpaired) electrons. The first-order chi connectivity index (χ1) is 10.2. The van der Waals surface area contributed by atoms with Crippen molar-refractivity contribution >= 4 is 5.91 Å². The topological polar surface area (TPSA) is 63.1 Å². The number of rotatable bonds is 2. The summed E-state index contributed by atoms with van der Waals surface area (Å²) in [5.41, 5.74) is 1.62. The van der Waals surface area contributed by atoms with Crippen LogP contribution in [0.15, 0.2) is 30.9 Å². The second-order valence-corrected chi connectivity index (χ2v) is 5.31. The van der Waals surface area contributed by atoms with E-state index in [2.05, 4.69) is 15.3 Å². The highest BCUT2D eigenvalue weighted by atomic mass is 16.2. The molecular weight excluding hydrogens is 266 g/mol. The largest absolute Gasteiger partial charge is 0.336 e. The summed E-state index contributed by atoms with van der Waals surface area (Å²) in [4.78, 5) is 23.2. The average molecular weight is 285 g/mol. The van der Waals surface area contributed by atoms with E-state index in [1.807, 2.05) is 35.7 Å². The minimum absolute atomic E-state index is 0.0232. The SMILES string of the molecule is Cc1ccncc1C(=O)N1CCNCC1c1nccn1C. The van der Waals surface area contributed by atoms with Gasteiger partial charge in [-0.1, -0.05) is 0 Å². The Hall–Kier alpha value is -2.21. The van der Waals surface area contributed by atoms with Crippen LogP contribution in [0.25, 0.3) is 0 Å². The lowest BCUT2D eigenvalue weighted by atomic mass is 10.1. The molecule has 0 bridgehead atoms. The fourth-order valence-corrected chi connectivity index (χ4v) is 2.72. The highest BCUT2D eigenvalue weighted by molar-refractivity contribution is 5.95. The highest BCUT2D eigenvalue weighted by Gasteiger charge is 2.31. The smallest absolute Gasteiger partial charge is 0.256 e. The number of nitrogens with zero attached hydrogens (tertiary/aromatic N) is 4. The lowest BCUT2D eigenvalue weighted by Gasteiger charge is -2.36. The Morgan fingerprint density at radius 3 is 3.00 bits per heavy atom. The van der Waals surface area contributed by atoms with Crippen molar-refractivity contribution in [1.29, 1.82) is 0 Å². The van der Waals surface area contributed by atoms with Crippen molar-refractivity contribution in [3.63, 3.8) is 0 Å². The molecule has 6 heteroatoms. The van der Waals surface area contributed by atoms with Crippen molar-refractivity contribution < 1.29 is 4.79 Å². The number of nitrogens with one attached hydrogen (secondary N) is 1. The molecule has 1 N–H and O–H groups in total. The van der Waals surface area contributed by atoms with Crippen LogP contribution >= 0.6 is 0 Å². The molecule has 3 heterocycles. The van der Waals surface area contributed by atoms with Gasteiger partial charge in [0.15, 0.2) is 0 Å². The van der Waals surface area contributed by atoms with Gasteiger partial charge in [0.1, 0.15) is 11.9 Å². The van der Waals surface area contributed by atoms with E-state index in [4.69, 9.17) is 0 Å². The van der Waals surface area contributed by atoms with E-state index in [-0.39, 0.29) is 11.9 Å². The molecule has 21 heavy (non-hydrogen) atoms. The van der Waals surface area contributed by atoms with Gasteiger partial charge in [-0.2, -0.15) is 0 Å². The first-order valence-electron chi connectivity index (χ1n) is 7.08. The zero-order chi connectivity index (χ0) is 14.8. The monoisotopic (exact) mass is 285 g/mol. The molecule has 1 saturated heterocycles. The van der Waals surface area contributed by atoms with E-state index in [0.29, 0.717) is 12.1 Å². The fourth-order valence-electron chi connectivity index (χ4n) is 2.72. The number of carbonyl (C=O) groups excluding carboxylic acids is 1. The molecule has 110 valence electrons. The molecule has 1 atom stereocenters. The fraction of sp³-hybridized carbons (Fsp3) is 0.400. The number of carbonyl (C=O) groups is 1. The number of aromatic nitrogens is 3. The number of pyridine rings is 1. The van der Waals surface area contributed by atoms with Crippen LogP contribution in [0.2, 0.25) is 0 Å². The van der Waals surface area contributed by atoms with Crippen LogP contribution < -0.4 is 5.32 Å². The summed E-state index contributed by atoms with van der Waals surface area (Å²) < 4.78 is 1.97. The minimum Gasteiger partial charge on any atom is -0.336 e. The number of imidazole rings is 1. The van der Waals surface area contributed by atoms with Crippen LogP contribution in [0.1, 0.15) is 27.8 Å². The van der Waals surface area contributed by atoms with Crippen LogP contribution in [0.3, 0.4) is 0 Å². The first-order valence-corrected chi connectivity index (χ1v) is 7.08. The molecule has 1 aliphatic rings. The standard InChI is InChI=1S/C15H19N5O/c1-11-3-4-16-9-12(11)15(21)20-8-5-17-10-13(20)14-18-6-7-19(14)2/h3-4,6-7,9,13,17H,5,8,10H2,1-2H3. The molecule has 0 aromatic carbocycles. The van der Waals surface area contributed by atoms with Crippen LogP contribution in [-0.2, 0) is 7.05 Å². The Labute approximate surface area is 123 Å². The normalized spacial score (nSPS) is 18.8. The summed E-state index contributed by atoms with van der Waals surface area (Å²) in [5, 5.41) is 3.34. The van der Waals surface area contributed by atoms with Crippen LogP contribution in [0.4, 0.5) is 0 Å². The van der Waals surface area contributed by atoms with E-state index in [1.165, 1.54) is 0 Å². The van der Waals surface area contributed by atoms with E-state index in [1.54, 1.807) is 18.6 Å². The van der Waals surface area contributed by atoms with Crippen molar-refractivity contribution in [1.82, 2.24) is 24.8 Å². The molecule has 0 spiro atoms. The van der Waals surface area contributed by atoms with Gasteiger partial charge in [0.05, 0.1) is 5.56 Å². The van der Waals surface area contributed by atoms with Gasteiger partial charge in [0, 0.05) is 51.5 Å². The Morgan fingerprint density at radius 1 is 1.43 bits per heavy atom. The van der Waals surface area contributed by atoms with Gasteiger partial charge >= 0.3 is 0 Å². The van der Waals surface area contributed by atoms with Gasteiger partial charge in [-0.05, 0) is 18.6 Å². The Morgan fingerprint density at radius 2 is 2.29 bits per heavy atom. The average Bonchev–Trinajstić information content (AvgIpc) is 2.93. The van der Waals surface area contributed by atoms with Crippen molar-refractivity contribution in [2.75, 3.05) is 19.6 Å². The molecule has 1 unspecified atom stereocenters. The lowest BCUT2D eigenvalue weighted by Crippen LogP contribution is -2.49. The third-order valence-corrected chi connectivity index (χ3v) is 3.93. The highest BCUT2D eigenvalue weighted by Crippen LogP contribution is 2.23. The van der Waals surface area contributed by atoms with E-state index < -0.39 is 0 Å². The summed E-state index contributed by atoms with van der Waals surface area (Å²) in [6.07, 6.45) is 7.03. The van der Waals surface area contributed by atoms with Gasteiger partial charge < -0.3 is 14.8 Å². The molecule has 2 aromatic heterocycles. The summed E-state index contributed by atoms with van der Waals surface area (Å²) in [7, 11) is 1.95. The Kier molecular flexibility index (Phi) is 3.70. The quantitative estimate of drug-likeness (QED) is 0.891. The third-order valence-electron chi connectivity index (χ3n) is 3.93. The summed E-state index contributed by atoms with van der Waals surface area (Å²) in [5.74, 6) is 0.923. The summed E-state index contributed by atoms with van der Waals surface area (Å²) in [6, 6.07) is 1.82. The molecule has 3 rings (SSSR count). The number of aryl methyl sites for hydroxylation is 2. The molecule has 0 saturated carbocycles. The number of amides is 1. The predicted molar refractivity (Wildman–Crippen MR) is 78.8 cm³/mol. The lowest BCUT2D eigenvalue weighted by molar-refractivity contribution is 0.0619. The van der Waals surface area contributed by atoms with Crippen molar-refractivity contribution in [2.45, 2.75) is 13.0 Å². The Bertz CT molecular complexity index is 651. The number of piperazine rings is 1. The Balaban J connectivity index is 1.93. The second-order valence-electron chi connectivity index (χ2n) is 5.31. The van der Waals surface area contributed by atoms with Gasteiger partial charge in [0.2, 0.25) is 0 Å². The molecule has 6 nitrogen and oxygen atoms in total. The molecule has 1 amide bonds. The van der Waals surface area contributed by atoms with Crippen molar-refractivity contribution in [3.05, 3.63) is 47.8 Å². The summed E-state index contributed by atoms with van der Waals surface area (Å²) >= 11 is 0. The predicted octanol–water partition coefficient (Wildman–Crippen LogP) is 0.910. The third kappa shape index (κ3) is 2.54. The maximum atomic E-state index is 12.9. The van der Waals surface area contributed by atoms with E-state index in [9.17, 15) is 4.79 Å². The second kappa shape index (κ2) is 5.65. The van der Waals surface area contributed by atoms with E-state index in [0.717, 1.165) is 24.5 Å². The van der Waals surface area contributed by atoms with Crippen molar-refractivity contribution in [3.8, 4) is 0 Å².